The highest BCUT2D eigenvalue weighted by molar-refractivity contribution is 5.75. The lowest BCUT2D eigenvalue weighted by Crippen LogP contribution is -2.38. The van der Waals surface area contributed by atoms with Crippen LogP contribution in [0.4, 0.5) is 0 Å². The lowest BCUT2D eigenvalue weighted by molar-refractivity contribution is -0.165. The summed E-state index contributed by atoms with van der Waals surface area (Å²) in [6.45, 7) is 10.5. The lowest BCUT2D eigenvalue weighted by Gasteiger charge is -2.30. The molecular weight excluding hydrogens is 208 g/mol. The maximum atomic E-state index is 11.7. The van der Waals surface area contributed by atoms with Crippen molar-refractivity contribution >= 4 is 5.97 Å². The molecule has 4 nitrogen and oxygen atoms in total. The minimum Gasteiger partial charge on any atom is -0.461 e. The van der Waals surface area contributed by atoms with E-state index in [9.17, 15) is 4.79 Å². The molecule has 0 saturated carbocycles. The average molecular weight is 231 g/mol. The molecule has 0 aromatic rings. The molecule has 0 aromatic heterocycles. The second-order valence-corrected chi connectivity index (χ2v) is 5.22. The normalized spacial score (nSPS) is 17.7. The summed E-state index contributed by atoms with van der Waals surface area (Å²) in [5, 5.41) is 18.1. The third kappa shape index (κ3) is 4.49. The van der Waals surface area contributed by atoms with Crippen LogP contribution in [-0.4, -0.2) is 35.5 Å². The van der Waals surface area contributed by atoms with Gasteiger partial charge in [-0.3, -0.25) is 4.79 Å². The second-order valence-electron chi connectivity index (χ2n) is 5.22. The standard InChI is InChI=1S/C12H23O4/c1-8(6-13)10(9(2)7-14)16-11(15)12(3,4)5/h8-10,13-14H,1,6-7H2,2-5H3/t8-,9+,10-/m1/s1. The van der Waals surface area contributed by atoms with Crippen molar-refractivity contribution in [3.63, 3.8) is 0 Å². The molecule has 0 spiro atoms. The number of esters is 1. The van der Waals surface area contributed by atoms with Crippen LogP contribution >= 0.6 is 0 Å². The van der Waals surface area contributed by atoms with E-state index in [0.717, 1.165) is 0 Å². The quantitative estimate of drug-likeness (QED) is 0.693. The average Bonchev–Trinajstić information content (AvgIpc) is 2.21. The summed E-state index contributed by atoms with van der Waals surface area (Å²) in [5.41, 5.74) is -0.595. The highest BCUT2D eigenvalue weighted by atomic mass is 16.5. The Labute approximate surface area is 97.6 Å². The van der Waals surface area contributed by atoms with Gasteiger partial charge in [0.1, 0.15) is 6.10 Å². The van der Waals surface area contributed by atoms with Crippen LogP contribution in [0.2, 0.25) is 0 Å². The Balaban J connectivity index is 4.62. The molecule has 4 heteroatoms. The Hall–Kier alpha value is -0.610. The van der Waals surface area contributed by atoms with Gasteiger partial charge in [-0.2, -0.15) is 0 Å². The molecule has 2 N–H and O–H groups in total. The number of rotatable bonds is 5. The van der Waals surface area contributed by atoms with Crippen LogP contribution in [-0.2, 0) is 9.53 Å². The summed E-state index contributed by atoms with van der Waals surface area (Å²) in [7, 11) is 0. The number of carbonyl (C=O) groups is 1. The third-order valence-electron chi connectivity index (χ3n) is 2.40. The molecule has 0 fully saturated rings. The maximum absolute atomic E-state index is 11.7. The molecule has 1 radical (unpaired) electrons. The summed E-state index contributed by atoms with van der Waals surface area (Å²) >= 11 is 0. The molecule has 0 amide bonds. The molecule has 3 atom stereocenters. The molecule has 0 rings (SSSR count). The molecule has 0 aliphatic rings. The van der Waals surface area contributed by atoms with Crippen LogP contribution in [0.25, 0.3) is 0 Å². The molecule has 0 unspecified atom stereocenters. The van der Waals surface area contributed by atoms with Crippen molar-refractivity contribution in [2.75, 3.05) is 13.2 Å². The van der Waals surface area contributed by atoms with Crippen molar-refractivity contribution in [1.29, 1.82) is 0 Å². The van der Waals surface area contributed by atoms with Gasteiger partial charge < -0.3 is 14.9 Å². The zero-order chi connectivity index (χ0) is 12.9. The molecule has 0 bridgehead atoms. The van der Waals surface area contributed by atoms with Gasteiger partial charge in [-0.25, -0.2) is 0 Å². The Morgan fingerprint density at radius 1 is 1.31 bits per heavy atom. The van der Waals surface area contributed by atoms with Crippen molar-refractivity contribution in [3.8, 4) is 0 Å². The van der Waals surface area contributed by atoms with Crippen molar-refractivity contribution in [2.45, 2.75) is 33.8 Å². The van der Waals surface area contributed by atoms with Crippen LogP contribution in [0, 0.1) is 24.2 Å². The highest BCUT2D eigenvalue weighted by Gasteiger charge is 2.31. The number of hydrogen-bond acceptors (Lipinski definition) is 4. The lowest BCUT2D eigenvalue weighted by atomic mass is 9.92. The van der Waals surface area contributed by atoms with E-state index < -0.39 is 17.4 Å². The van der Waals surface area contributed by atoms with Crippen LogP contribution in [0.15, 0.2) is 0 Å². The number of aliphatic hydroxyl groups excluding tert-OH is 2. The zero-order valence-corrected chi connectivity index (χ0v) is 10.6. The number of aliphatic hydroxyl groups is 2. The summed E-state index contributed by atoms with van der Waals surface area (Å²) < 4.78 is 5.30. The van der Waals surface area contributed by atoms with Crippen molar-refractivity contribution in [3.05, 3.63) is 6.92 Å². The van der Waals surface area contributed by atoms with Gasteiger partial charge in [-0.05, 0) is 27.7 Å². The molecule has 0 aliphatic heterocycles. The minimum atomic E-state index is -0.595. The molecule has 0 saturated heterocycles. The van der Waals surface area contributed by atoms with Crippen LogP contribution in [0.5, 0.6) is 0 Å². The van der Waals surface area contributed by atoms with E-state index in [4.69, 9.17) is 14.9 Å². The summed E-state index contributed by atoms with van der Waals surface area (Å²) in [4.78, 5) is 11.7. The molecule has 95 valence electrons. The van der Waals surface area contributed by atoms with Crippen molar-refractivity contribution in [1.82, 2.24) is 0 Å². The van der Waals surface area contributed by atoms with Gasteiger partial charge in [0.2, 0.25) is 0 Å². The van der Waals surface area contributed by atoms with Crippen LogP contribution in [0.1, 0.15) is 27.7 Å². The van der Waals surface area contributed by atoms with Gasteiger partial charge >= 0.3 is 5.97 Å². The number of carbonyl (C=O) groups excluding carboxylic acids is 1. The molecule has 0 aliphatic carbocycles. The molecular formula is C12H23O4. The summed E-state index contributed by atoms with van der Waals surface area (Å²) in [5.74, 6) is -1.01. The van der Waals surface area contributed by atoms with Gasteiger partial charge in [0.05, 0.1) is 5.41 Å². The summed E-state index contributed by atoms with van der Waals surface area (Å²) in [6.07, 6.45) is -0.554. The fourth-order valence-electron chi connectivity index (χ4n) is 1.19. The van der Waals surface area contributed by atoms with E-state index in [-0.39, 0.29) is 25.1 Å². The van der Waals surface area contributed by atoms with Crippen LogP contribution < -0.4 is 0 Å². The van der Waals surface area contributed by atoms with Crippen molar-refractivity contribution < 1.29 is 19.7 Å². The third-order valence-corrected chi connectivity index (χ3v) is 2.40. The fraction of sp³-hybridized carbons (Fsp3) is 0.833. The SMILES string of the molecule is [CH2][C@H](CO)[C@@H](OC(=O)C(C)(C)C)[C@@H](C)CO. The summed E-state index contributed by atoms with van der Waals surface area (Å²) in [6, 6.07) is 0. The van der Waals surface area contributed by atoms with Gasteiger partial charge in [-0.15, -0.1) is 0 Å². The van der Waals surface area contributed by atoms with Crippen LogP contribution in [0.3, 0.4) is 0 Å². The maximum Gasteiger partial charge on any atom is 0.311 e. The monoisotopic (exact) mass is 231 g/mol. The smallest absolute Gasteiger partial charge is 0.311 e. The Morgan fingerprint density at radius 2 is 1.81 bits per heavy atom. The Kier molecular flexibility index (Phi) is 5.97. The minimum absolute atomic E-state index is 0.103. The predicted molar refractivity (Wildman–Crippen MR) is 61.5 cm³/mol. The Bertz CT molecular complexity index is 210. The van der Waals surface area contributed by atoms with E-state index >= 15 is 0 Å². The van der Waals surface area contributed by atoms with E-state index in [2.05, 4.69) is 6.92 Å². The fourth-order valence-corrected chi connectivity index (χ4v) is 1.19. The first kappa shape index (κ1) is 15.4. The van der Waals surface area contributed by atoms with E-state index in [1.165, 1.54) is 0 Å². The first-order valence-electron chi connectivity index (χ1n) is 5.50. The van der Waals surface area contributed by atoms with Gasteiger partial charge in [-0.1, -0.05) is 6.92 Å². The topological polar surface area (TPSA) is 66.8 Å². The van der Waals surface area contributed by atoms with E-state index in [0.29, 0.717) is 0 Å². The second kappa shape index (κ2) is 6.21. The van der Waals surface area contributed by atoms with Gasteiger partial charge in [0.25, 0.3) is 0 Å². The highest BCUT2D eigenvalue weighted by Crippen LogP contribution is 2.22. The van der Waals surface area contributed by atoms with Gasteiger partial charge in [0, 0.05) is 25.0 Å². The molecule has 16 heavy (non-hydrogen) atoms. The first-order valence-corrected chi connectivity index (χ1v) is 5.50. The first-order chi connectivity index (χ1) is 7.23. The Morgan fingerprint density at radius 3 is 2.12 bits per heavy atom. The number of ether oxygens (including phenoxy) is 1. The largest absolute Gasteiger partial charge is 0.461 e. The van der Waals surface area contributed by atoms with Crippen molar-refractivity contribution in [2.24, 2.45) is 17.3 Å². The van der Waals surface area contributed by atoms with Gasteiger partial charge in [0.15, 0.2) is 0 Å². The predicted octanol–water partition coefficient (Wildman–Crippen LogP) is 1.02. The number of hydrogen-bond donors (Lipinski definition) is 2. The molecule has 0 heterocycles. The van der Waals surface area contributed by atoms with E-state index in [1.807, 2.05) is 0 Å². The van der Waals surface area contributed by atoms with E-state index in [1.54, 1.807) is 27.7 Å². The zero-order valence-electron chi connectivity index (χ0n) is 10.6. The molecule has 0 aromatic carbocycles.